The number of benzene rings is 1. The van der Waals surface area contributed by atoms with Crippen LogP contribution in [0.3, 0.4) is 0 Å². The van der Waals surface area contributed by atoms with Gasteiger partial charge in [0.05, 0.1) is 21.0 Å². The van der Waals surface area contributed by atoms with Crippen LogP contribution < -0.4 is 0 Å². The molecule has 1 aliphatic heterocycles. The zero-order valence-corrected chi connectivity index (χ0v) is 18.9. The number of pyridine rings is 1. The molecule has 3 aromatic rings. The third-order valence-electron chi connectivity index (χ3n) is 5.51. The van der Waals surface area contributed by atoms with Crippen LogP contribution in [0.5, 0.6) is 0 Å². The fraction of sp³-hybridized carbons (Fsp3) is 0.391. The lowest BCUT2D eigenvalue weighted by Gasteiger charge is -2.33. The molecule has 1 aromatic carbocycles. The second-order valence-corrected chi connectivity index (χ2v) is 9.58. The molecule has 0 saturated carbocycles. The quantitative estimate of drug-likeness (QED) is 0.484. The molecule has 0 N–H and O–H groups in total. The highest BCUT2D eigenvalue weighted by atomic mass is 35.5. The number of halogens is 2. The standard InChI is InChI=1S/C23H25Cl2N3O2/c1-23(2,3)22(29)30-27-10-7-16(8-11-27)28-14-18(17-13-26-9-6-21(17)28)15-4-5-19(24)20(25)12-15/h4-6,9,12-14,16H,7-8,10-11H2,1-3H3. The van der Waals surface area contributed by atoms with E-state index in [1.54, 1.807) is 5.06 Å². The normalized spacial score (nSPS) is 16.2. The van der Waals surface area contributed by atoms with E-state index < -0.39 is 5.41 Å². The van der Waals surface area contributed by atoms with Crippen molar-refractivity contribution < 1.29 is 9.63 Å². The molecule has 0 amide bonds. The number of aromatic nitrogens is 2. The average Bonchev–Trinajstić information content (AvgIpc) is 3.10. The number of hydroxylamine groups is 2. The topological polar surface area (TPSA) is 47.4 Å². The summed E-state index contributed by atoms with van der Waals surface area (Å²) in [7, 11) is 0. The monoisotopic (exact) mass is 445 g/mol. The van der Waals surface area contributed by atoms with Gasteiger partial charge in [-0.05, 0) is 57.4 Å². The Hall–Kier alpha value is -2.08. The van der Waals surface area contributed by atoms with Crippen LogP contribution in [-0.4, -0.2) is 33.7 Å². The highest BCUT2D eigenvalue weighted by Gasteiger charge is 2.29. The third-order valence-corrected chi connectivity index (χ3v) is 6.25. The van der Waals surface area contributed by atoms with Crippen LogP contribution in [-0.2, 0) is 9.63 Å². The van der Waals surface area contributed by atoms with E-state index in [4.69, 9.17) is 28.0 Å². The fourth-order valence-corrected chi connectivity index (χ4v) is 4.06. The minimum Gasteiger partial charge on any atom is -0.367 e. The number of nitrogens with zero attached hydrogens (tertiary/aromatic N) is 3. The van der Waals surface area contributed by atoms with Gasteiger partial charge < -0.3 is 9.40 Å². The van der Waals surface area contributed by atoms with Crippen molar-refractivity contribution in [1.82, 2.24) is 14.6 Å². The summed E-state index contributed by atoms with van der Waals surface area (Å²) in [6.45, 7) is 7.02. The van der Waals surface area contributed by atoms with Gasteiger partial charge in [0, 0.05) is 48.7 Å². The maximum absolute atomic E-state index is 12.2. The molecule has 0 unspecified atom stereocenters. The van der Waals surface area contributed by atoms with Gasteiger partial charge in [-0.3, -0.25) is 4.98 Å². The first kappa shape index (κ1) is 21.2. The van der Waals surface area contributed by atoms with E-state index in [1.807, 2.05) is 57.4 Å². The summed E-state index contributed by atoms with van der Waals surface area (Å²) in [6, 6.07) is 8.05. The molecule has 1 fully saturated rings. The van der Waals surface area contributed by atoms with Crippen LogP contribution in [0.2, 0.25) is 10.0 Å². The summed E-state index contributed by atoms with van der Waals surface area (Å²) >= 11 is 12.4. The molecular weight excluding hydrogens is 421 g/mol. The molecule has 4 rings (SSSR count). The van der Waals surface area contributed by atoms with E-state index in [9.17, 15) is 4.79 Å². The molecule has 1 saturated heterocycles. The van der Waals surface area contributed by atoms with E-state index in [-0.39, 0.29) is 5.97 Å². The first-order valence-corrected chi connectivity index (χ1v) is 10.9. The first-order chi connectivity index (χ1) is 14.2. The van der Waals surface area contributed by atoms with Crippen molar-refractivity contribution in [3.63, 3.8) is 0 Å². The number of carbonyl (C=O) groups excluding carboxylic acids is 1. The molecule has 2 aromatic heterocycles. The highest BCUT2D eigenvalue weighted by Crippen LogP contribution is 2.37. The Kier molecular flexibility index (Phi) is 5.80. The van der Waals surface area contributed by atoms with E-state index in [2.05, 4.69) is 15.7 Å². The molecule has 5 nitrogen and oxygen atoms in total. The minimum atomic E-state index is -0.505. The SMILES string of the molecule is CC(C)(C)C(=O)ON1CCC(n2cc(-c3ccc(Cl)c(Cl)c3)c3cnccc32)CC1. The summed E-state index contributed by atoms with van der Waals surface area (Å²) in [5, 5.41) is 3.95. The lowest BCUT2D eigenvalue weighted by atomic mass is 9.98. The molecule has 0 spiro atoms. The molecule has 0 aliphatic carbocycles. The fourth-order valence-electron chi connectivity index (χ4n) is 3.76. The molecule has 0 atom stereocenters. The zero-order chi connectivity index (χ0) is 21.5. The van der Waals surface area contributed by atoms with Gasteiger partial charge in [-0.15, -0.1) is 5.06 Å². The van der Waals surface area contributed by atoms with Gasteiger partial charge in [-0.2, -0.15) is 0 Å². The second-order valence-electron chi connectivity index (χ2n) is 8.76. The number of rotatable bonds is 3. The van der Waals surface area contributed by atoms with Gasteiger partial charge >= 0.3 is 5.97 Å². The van der Waals surface area contributed by atoms with Crippen LogP contribution in [0.1, 0.15) is 39.7 Å². The van der Waals surface area contributed by atoms with Crippen LogP contribution >= 0.6 is 23.2 Å². The van der Waals surface area contributed by atoms with Crippen LogP contribution in [0.15, 0.2) is 42.9 Å². The lowest BCUT2D eigenvalue weighted by molar-refractivity contribution is -0.205. The maximum atomic E-state index is 12.2. The van der Waals surface area contributed by atoms with Crippen LogP contribution in [0, 0.1) is 5.41 Å². The van der Waals surface area contributed by atoms with E-state index in [0.29, 0.717) is 29.2 Å². The number of fused-ring (bicyclic) bond motifs is 1. The molecular formula is C23H25Cl2N3O2. The van der Waals surface area contributed by atoms with Crippen molar-refractivity contribution in [3.05, 3.63) is 52.9 Å². The Balaban J connectivity index is 1.59. The average molecular weight is 446 g/mol. The number of piperidine rings is 1. The van der Waals surface area contributed by atoms with Crippen molar-refractivity contribution in [2.75, 3.05) is 13.1 Å². The van der Waals surface area contributed by atoms with Crippen molar-refractivity contribution in [3.8, 4) is 11.1 Å². The van der Waals surface area contributed by atoms with Gasteiger partial charge in [0.15, 0.2) is 0 Å². The molecule has 3 heterocycles. The predicted molar refractivity (Wildman–Crippen MR) is 121 cm³/mol. The first-order valence-electron chi connectivity index (χ1n) is 10.1. The van der Waals surface area contributed by atoms with Gasteiger partial charge in [-0.1, -0.05) is 29.3 Å². The van der Waals surface area contributed by atoms with Gasteiger partial charge in [0.2, 0.25) is 0 Å². The Morgan fingerprint density at radius 1 is 1.13 bits per heavy atom. The molecule has 0 radical (unpaired) electrons. The van der Waals surface area contributed by atoms with Crippen LogP contribution in [0.25, 0.3) is 22.0 Å². The van der Waals surface area contributed by atoms with E-state index in [1.165, 1.54) is 0 Å². The van der Waals surface area contributed by atoms with Crippen molar-refractivity contribution >= 4 is 40.1 Å². The Morgan fingerprint density at radius 2 is 1.87 bits per heavy atom. The molecule has 1 aliphatic rings. The lowest BCUT2D eigenvalue weighted by Crippen LogP contribution is -2.39. The summed E-state index contributed by atoms with van der Waals surface area (Å²) in [4.78, 5) is 22.1. The smallest absolute Gasteiger partial charge is 0.330 e. The minimum absolute atomic E-state index is 0.194. The summed E-state index contributed by atoms with van der Waals surface area (Å²) in [5.41, 5.74) is 2.72. The zero-order valence-electron chi connectivity index (χ0n) is 17.4. The van der Waals surface area contributed by atoms with E-state index >= 15 is 0 Å². The third kappa shape index (κ3) is 4.20. The van der Waals surface area contributed by atoms with Crippen LogP contribution in [0.4, 0.5) is 0 Å². The molecule has 30 heavy (non-hydrogen) atoms. The Bertz CT molecular complexity index is 1080. The van der Waals surface area contributed by atoms with Gasteiger partial charge in [0.25, 0.3) is 0 Å². The van der Waals surface area contributed by atoms with Crippen molar-refractivity contribution in [2.45, 2.75) is 39.7 Å². The number of hydrogen-bond acceptors (Lipinski definition) is 4. The molecule has 158 valence electrons. The molecule has 7 heteroatoms. The Labute approximate surface area is 186 Å². The van der Waals surface area contributed by atoms with E-state index in [0.717, 1.165) is 34.9 Å². The van der Waals surface area contributed by atoms with Gasteiger partial charge in [-0.25, -0.2) is 4.79 Å². The highest BCUT2D eigenvalue weighted by molar-refractivity contribution is 6.42. The van der Waals surface area contributed by atoms with Crippen molar-refractivity contribution in [2.24, 2.45) is 5.41 Å². The summed E-state index contributed by atoms with van der Waals surface area (Å²) in [5.74, 6) is -0.194. The Morgan fingerprint density at radius 3 is 2.53 bits per heavy atom. The second kappa shape index (κ2) is 8.22. The molecule has 0 bridgehead atoms. The van der Waals surface area contributed by atoms with Gasteiger partial charge in [0.1, 0.15) is 0 Å². The maximum Gasteiger partial charge on any atom is 0.330 e. The number of carbonyl (C=O) groups is 1. The summed E-state index contributed by atoms with van der Waals surface area (Å²) < 4.78 is 2.32. The number of hydrogen-bond donors (Lipinski definition) is 0. The largest absolute Gasteiger partial charge is 0.367 e. The van der Waals surface area contributed by atoms with Crippen molar-refractivity contribution in [1.29, 1.82) is 0 Å². The summed E-state index contributed by atoms with van der Waals surface area (Å²) in [6.07, 6.45) is 7.67. The predicted octanol–water partition coefficient (Wildman–Crippen LogP) is 6.15.